The van der Waals surface area contributed by atoms with Crippen molar-refractivity contribution in [1.29, 1.82) is 0 Å². The molecule has 16 nitrogen and oxygen atoms in total. The van der Waals surface area contributed by atoms with Gasteiger partial charge in [-0.1, -0.05) is 11.6 Å². The van der Waals surface area contributed by atoms with Crippen LogP contribution in [0.1, 0.15) is 19.4 Å². The first-order valence-corrected chi connectivity index (χ1v) is 15.4. The molecular weight excluding hydrogens is 652 g/mol. The Kier molecular flexibility index (Phi) is 11.1. The maximum absolute atomic E-state index is 13.4. The summed E-state index contributed by atoms with van der Waals surface area (Å²) in [7, 11) is 1.48. The van der Waals surface area contributed by atoms with E-state index in [0.29, 0.717) is 11.3 Å². The van der Waals surface area contributed by atoms with Gasteiger partial charge in [-0.3, -0.25) is 4.79 Å². The molecule has 2 saturated heterocycles. The van der Waals surface area contributed by atoms with Crippen molar-refractivity contribution in [2.24, 2.45) is 0 Å². The Morgan fingerprint density at radius 2 is 1.49 bits per heavy atom. The van der Waals surface area contributed by atoms with Crippen molar-refractivity contribution in [2.75, 3.05) is 20.3 Å². The number of aliphatic hydroxyl groups is 7. The molecule has 49 heavy (non-hydrogen) atoms. The van der Waals surface area contributed by atoms with Crippen molar-refractivity contribution in [3.8, 4) is 34.3 Å². The highest BCUT2D eigenvalue weighted by molar-refractivity contribution is 5.91. The maximum atomic E-state index is 13.4. The number of aliphatic hydroxyl groups excluding tert-OH is 7. The summed E-state index contributed by atoms with van der Waals surface area (Å²) >= 11 is 0. The molecule has 2 aliphatic heterocycles. The van der Waals surface area contributed by atoms with Crippen LogP contribution in [-0.2, 0) is 20.6 Å². The van der Waals surface area contributed by atoms with Crippen molar-refractivity contribution in [2.45, 2.75) is 81.7 Å². The predicted octanol–water partition coefficient (Wildman–Crippen LogP) is -0.609. The number of hydrogen-bond acceptors (Lipinski definition) is 16. The lowest BCUT2D eigenvalue weighted by Crippen LogP contribution is -2.65. The summed E-state index contributed by atoms with van der Waals surface area (Å²) in [6.07, 6.45) is -15.0. The number of aromatic hydroxyl groups is 2. The van der Waals surface area contributed by atoms with Crippen LogP contribution in [-0.4, -0.2) is 128 Å². The molecule has 0 radical (unpaired) electrons. The molecule has 3 aromatic rings. The Hall–Kier alpha value is -3.81. The Morgan fingerprint density at radius 1 is 0.857 bits per heavy atom. The van der Waals surface area contributed by atoms with E-state index in [1.807, 2.05) is 13.8 Å². The van der Waals surface area contributed by atoms with Gasteiger partial charge in [-0.05, 0) is 44.5 Å². The third kappa shape index (κ3) is 7.11. The fraction of sp³-hybridized carbons (Fsp3) is 0.485. The molecule has 0 unspecified atom stereocenters. The van der Waals surface area contributed by atoms with Crippen LogP contribution >= 0.6 is 0 Å². The summed E-state index contributed by atoms with van der Waals surface area (Å²) < 4.78 is 33.9. The molecule has 0 spiro atoms. The normalized spacial score (nSPS) is 30.2. The lowest BCUT2D eigenvalue weighted by Gasteiger charge is -2.45. The molecule has 0 amide bonds. The first-order chi connectivity index (χ1) is 23.3. The Labute approximate surface area is 279 Å². The number of fused-ring (bicyclic) bond motifs is 1. The number of benzene rings is 2. The smallest absolute Gasteiger partial charge is 0.238 e. The van der Waals surface area contributed by atoms with Crippen LogP contribution in [0.2, 0.25) is 0 Å². The largest absolute Gasteiger partial charge is 0.507 e. The van der Waals surface area contributed by atoms with Crippen LogP contribution in [0, 0.1) is 0 Å². The summed E-state index contributed by atoms with van der Waals surface area (Å²) in [5.74, 6) is -1.21. The lowest BCUT2D eigenvalue weighted by atomic mass is 9.97. The van der Waals surface area contributed by atoms with E-state index in [1.165, 1.54) is 7.11 Å². The summed E-state index contributed by atoms with van der Waals surface area (Å²) in [6, 6.07) is 7.37. The van der Waals surface area contributed by atoms with E-state index < -0.39 is 91.6 Å². The van der Waals surface area contributed by atoms with Crippen molar-refractivity contribution in [3.63, 3.8) is 0 Å². The van der Waals surface area contributed by atoms with E-state index in [-0.39, 0.29) is 34.5 Å². The van der Waals surface area contributed by atoms with Crippen LogP contribution in [0.15, 0.2) is 51.2 Å². The van der Waals surface area contributed by atoms with Crippen molar-refractivity contribution in [1.82, 2.24) is 0 Å². The third-order valence-corrected chi connectivity index (χ3v) is 8.45. The molecule has 3 heterocycles. The molecule has 2 aromatic carbocycles. The molecule has 1 aromatic heterocycles. The topological polar surface area (TPSA) is 258 Å². The molecule has 10 atom stereocenters. The van der Waals surface area contributed by atoms with Crippen molar-refractivity contribution < 1.29 is 74.1 Å². The van der Waals surface area contributed by atoms with Gasteiger partial charge in [-0.2, -0.15) is 0 Å². The minimum Gasteiger partial charge on any atom is -0.507 e. The van der Waals surface area contributed by atoms with Gasteiger partial charge in [0.1, 0.15) is 77.0 Å². The lowest BCUT2D eigenvalue weighted by molar-refractivity contribution is -0.352. The van der Waals surface area contributed by atoms with Gasteiger partial charge in [0, 0.05) is 17.2 Å². The van der Waals surface area contributed by atoms with Gasteiger partial charge in [-0.25, -0.2) is 0 Å². The first-order valence-electron chi connectivity index (χ1n) is 15.4. The van der Waals surface area contributed by atoms with E-state index in [0.717, 1.165) is 11.6 Å². The molecule has 2 aliphatic rings. The number of rotatable bonds is 10. The van der Waals surface area contributed by atoms with Crippen molar-refractivity contribution in [3.05, 3.63) is 57.8 Å². The minimum absolute atomic E-state index is 0.0713. The molecule has 2 fully saturated rings. The van der Waals surface area contributed by atoms with Crippen molar-refractivity contribution >= 4 is 11.0 Å². The standard InChI is InChI=1S/C33H40O16/c1-13(2)4-9-16-18(10-17(36)21-23(38)25(40)29(48-30(16)21)14-5-7-15(44-3)8-6-14)45-32-28(43)26(41)31(20(12-35)47-32)49-33-27(42)24(39)22(37)19(11-34)46-33/h4-8,10,19-20,22,24,26-28,31-37,39-43H,9,11-12H2,1-3H3/t19-,20-,22-,24+,26-,27-,28-,31-,32-,33-/m1/s1. The maximum Gasteiger partial charge on any atom is 0.238 e. The van der Waals surface area contributed by atoms with Gasteiger partial charge in [0.25, 0.3) is 0 Å². The molecule has 0 bridgehead atoms. The quantitative estimate of drug-likeness (QED) is 0.120. The van der Waals surface area contributed by atoms with Gasteiger partial charge >= 0.3 is 0 Å². The van der Waals surface area contributed by atoms with E-state index in [4.69, 9.17) is 28.1 Å². The van der Waals surface area contributed by atoms with E-state index >= 15 is 0 Å². The third-order valence-electron chi connectivity index (χ3n) is 8.45. The van der Waals surface area contributed by atoms with Gasteiger partial charge in [0.2, 0.25) is 17.5 Å². The van der Waals surface area contributed by atoms with E-state index in [2.05, 4.69) is 0 Å². The molecular formula is C33H40O16. The Bertz CT molecular complexity index is 1700. The predicted molar refractivity (Wildman–Crippen MR) is 168 cm³/mol. The second kappa shape index (κ2) is 15.0. The van der Waals surface area contributed by atoms with E-state index in [1.54, 1.807) is 30.3 Å². The van der Waals surface area contributed by atoms with Crippen LogP contribution < -0.4 is 14.9 Å². The molecule has 16 heteroatoms. The number of allylic oxidation sites excluding steroid dienone is 2. The van der Waals surface area contributed by atoms with Crippen LogP contribution in [0.4, 0.5) is 0 Å². The number of phenols is 1. The summed E-state index contributed by atoms with van der Waals surface area (Å²) in [5, 5.41) is 93.8. The molecule has 0 saturated carbocycles. The molecule has 268 valence electrons. The molecule has 0 aliphatic carbocycles. The fourth-order valence-corrected chi connectivity index (χ4v) is 5.69. The van der Waals surface area contributed by atoms with Crippen LogP contribution in [0.3, 0.4) is 0 Å². The van der Waals surface area contributed by atoms with E-state index in [9.17, 15) is 50.8 Å². The summed E-state index contributed by atoms with van der Waals surface area (Å²) in [4.78, 5) is 13.4. The number of methoxy groups -OCH3 is 1. The zero-order valence-corrected chi connectivity index (χ0v) is 26.7. The van der Waals surface area contributed by atoms with Gasteiger partial charge in [-0.15, -0.1) is 0 Å². The average Bonchev–Trinajstić information content (AvgIpc) is 3.08. The Balaban J connectivity index is 1.51. The fourth-order valence-electron chi connectivity index (χ4n) is 5.69. The van der Waals surface area contributed by atoms with Gasteiger partial charge in [0.05, 0.1) is 20.3 Å². The first kappa shape index (κ1) is 36.5. The summed E-state index contributed by atoms with van der Waals surface area (Å²) in [6.45, 7) is 2.09. The number of ether oxygens (including phenoxy) is 5. The minimum atomic E-state index is -1.89. The van der Waals surface area contributed by atoms with Crippen LogP contribution in [0.5, 0.6) is 23.0 Å². The number of hydrogen-bond donors (Lipinski definition) is 9. The average molecular weight is 693 g/mol. The molecule has 5 rings (SSSR count). The monoisotopic (exact) mass is 692 g/mol. The highest BCUT2D eigenvalue weighted by Gasteiger charge is 2.51. The number of phenolic OH excluding ortho intramolecular Hbond substituents is 1. The molecule has 9 N–H and O–H groups in total. The SMILES string of the molecule is COc1ccc(-c2oc3c(CC=C(C)C)c(O[C@@H]4O[C@H](CO)[C@@H](O[C@H]5O[C@H](CO)[C@@H](O)[C@H](O)[C@H]5O)[C@H](O)[C@H]4O)cc(O)c3c(=O)c2O)cc1. The highest BCUT2D eigenvalue weighted by atomic mass is 16.7. The highest BCUT2D eigenvalue weighted by Crippen LogP contribution is 2.41. The Morgan fingerprint density at radius 3 is 2.10 bits per heavy atom. The van der Waals surface area contributed by atoms with Crippen LogP contribution in [0.25, 0.3) is 22.3 Å². The van der Waals surface area contributed by atoms with Gasteiger partial charge in [0.15, 0.2) is 12.1 Å². The second-order valence-corrected chi connectivity index (χ2v) is 12.0. The zero-order valence-electron chi connectivity index (χ0n) is 26.7. The van der Waals surface area contributed by atoms with Gasteiger partial charge < -0.3 is 74.1 Å². The zero-order chi connectivity index (χ0) is 35.7. The second-order valence-electron chi connectivity index (χ2n) is 12.0. The summed E-state index contributed by atoms with van der Waals surface area (Å²) in [5.41, 5.74) is 0.316.